The standard InChI is InChI=1S/C23H28N4O5S/c1-33-13-8-21(25-22(28)18-5-3-7-20(15-18)27(30)31)23(29)24-19-6-2-4-17(14-19)16-26-9-11-32-12-10-26/h2-7,14-15,21H,8-13,16H2,1H3,(H,24,29)(H,25,28). The van der Waals surface area contributed by atoms with Gasteiger partial charge in [-0.15, -0.1) is 0 Å². The molecule has 1 aliphatic rings. The summed E-state index contributed by atoms with van der Waals surface area (Å²) < 4.78 is 5.39. The Morgan fingerprint density at radius 1 is 1.18 bits per heavy atom. The van der Waals surface area contributed by atoms with E-state index in [-0.39, 0.29) is 17.2 Å². The lowest BCUT2D eigenvalue weighted by Gasteiger charge is -2.26. The second kappa shape index (κ2) is 12.3. The Morgan fingerprint density at radius 2 is 1.94 bits per heavy atom. The molecular weight excluding hydrogens is 444 g/mol. The van der Waals surface area contributed by atoms with Gasteiger partial charge in [0, 0.05) is 43.0 Å². The number of nitrogens with zero attached hydrogens (tertiary/aromatic N) is 2. The minimum Gasteiger partial charge on any atom is -0.379 e. The summed E-state index contributed by atoms with van der Waals surface area (Å²) in [5.41, 5.74) is 1.70. The molecule has 0 saturated carbocycles. The van der Waals surface area contributed by atoms with Gasteiger partial charge in [-0.05, 0) is 42.2 Å². The van der Waals surface area contributed by atoms with Crippen molar-refractivity contribution in [3.05, 3.63) is 69.8 Å². The van der Waals surface area contributed by atoms with Crippen LogP contribution in [0.4, 0.5) is 11.4 Å². The zero-order valence-electron chi connectivity index (χ0n) is 18.5. The Morgan fingerprint density at radius 3 is 2.67 bits per heavy atom. The predicted octanol–water partition coefficient (Wildman–Crippen LogP) is 2.92. The lowest BCUT2D eigenvalue weighted by atomic mass is 10.1. The lowest BCUT2D eigenvalue weighted by Crippen LogP contribution is -2.44. The first-order valence-electron chi connectivity index (χ1n) is 10.7. The fourth-order valence-corrected chi connectivity index (χ4v) is 3.97. The molecule has 2 amide bonds. The third-order valence-corrected chi connectivity index (χ3v) is 5.90. The van der Waals surface area contributed by atoms with E-state index in [4.69, 9.17) is 4.74 Å². The minimum absolute atomic E-state index is 0.138. The SMILES string of the molecule is CSCCC(NC(=O)c1cccc([N+](=O)[O-])c1)C(=O)Nc1cccc(CN2CCOCC2)c1. The van der Waals surface area contributed by atoms with Crippen LogP contribution in [0.2, 0.25) is 0 Å². The highest BCUT2D eigenvalue weighted by Gasteiger charge is 2.22. The van der Waals surface area contributed by atoms with Gasteiger partial charge in [-0.25, -0.2) is 0 Å². The molecule has 2 aromatic rings. The summed E-state index contributed by atoms with van der Waals surface area (Å²) in [6.45, 7) is 3.95. The molecular formula is C23H28N4O5S. The molecule has 1 aliphatic heterocycles. The van der Waals surface area contributed by atoms with Gasteiger partial charge in [-0.2, -0.15) is 11.8 Å². The van der Waals surface area contributed by atoms with Crippen LogP contribution >= 0.6 is 11.8 Å². The molecule has 10 heteroatoms. The molecule has 33 heavy (non-hydrogen) atoms. The maximum atomic E-state index is 13.0. The maximum Gasteiger partial charge on any atom is 0.270 e. The normalized spacial score (nSPS) is 14.9. The zero-order valence-corrected chi connectivity index (χ0v) is 19.3. The van der Waals surface area contributed by atoms with Crippen LogP contribution in [0, 0.1) is 10.1 Å². The number of morpholine rings is 1. The number of carbonyl (C=O) groups excluding carboxylic acids is 2. The third kappa shape index (κ3) is 7.55. The van der Waals surface area contributed by atoms with E-state index in [9.17, 15) is 19.7 Å². The number of non-ortho nitro benzene ring substituents is 1. The van der Waals surface area contributed by atoms with Crippen LogP contribution in [0.3, 0.4) is 0 Å². The Kier molecular flexibility index (Phi) is 9.23. The summed E-state index contributed by atoms with van der Waals surface area (Å²) >= 11 is 1.57. The molecule has 176 valence electrons. The number of nitrogens with one attached hydrogen (secondary N) is 2. The molecule has 1 fully saturated rings. The first-order chi connectivity index (χ1) is 16.0. The number of ether oxygens (including phenoxy) is 1. The minimum atomic E-state index is -0.771. The maximum absolute atomic E-state index is 13.0. The highest BCUT2D eigenvalue weighted by molar-refractivity contribution is 7.98. The van der Waals surface area contributed by atoms with Gasteiger partial charge < -0.3 is 15.4 Å². The second-order valence-corrected chi connectivity index (χ2v) is 8.68. The van der Waals surface area contributed by atoms with Crippen LogP contribution < -0.4 is 10.6 Å². The smallest absolute Gasteiger partial charge is 0.270 e. The van der Waals surface area contributed by atoms with Gasteiger partial charge in [0.2, 0.25) is 5.91 Å². The molecule has 3 rings (SSSR count). The molecule has 9 nitrogen and oxygen atoms in total. The largest absolute Gasteiger partial charge is 0.379 e. The fraction of sp³-hybridized carbons (Fsp3) is 0.391. The van der Waals surface area contributed by atoms with Crippen LogP contribution in [-0.4, -0.2) is 66.0 Å². The third-order valence-electron chi connectivity index (χ3n) is 5.26. The van der Waals surface area contributed by atoms with Crippen LogP contribution in [0.5, 0.6) is 0 Å². The summed E-state index contributed by atoms with van der Waals surface area (Å²) in [4.78, 5) is 38.4. The van der Waals surface area contributed by atoms with Gasteiger partial charge in [0.25, 0.3) is 11.6 Å². The molecule has 0 bridgehead atoms. The van der Waals surface area contributed by atoms with E-state index in [0.29, 0.717) is 17.9 Å². The van der Waals surface area contributed by atoms with Crippen LogP contribution in [0.15, 0.2) is 48.5 Å². The number of thioether (sulfide) groups is 1. The molecule has 0 spiro atoms. The summed E-state index contributed by atoms with van der Waals surface area (Å²) in [6, 6.07) is 12.3. The van der Waals surface area contributed by atoms with Crippen molar-refractivity contribution in [3.63, 3.8) is 0 Å². The first kappa shape index (κ1) is 24.7. The zero-order chi connectivity index (χ0) is 23.6. The highest BCUT2D eigenvalue weighted by atomic mass is 32.2. The van der Waals surface area contributed by atoms with E-state index < -0.39 is 16.9 Å². The Labute approximate surface area is 197 Å². The van der Waals surface area contributed by atoms with E-state index in [1.54, 1.807) is 11.8 Å². The average Bonchev–Trinajstić information content (AvgIpc) is 2.82. The fourth-order valence-electron chi connectivity index (χ4n) is 3.50. The van der Waals surface area contributed by atoms with Gasteiger partial charge >= 0.3 is 0 Å². The molecule has 0 aromatic heterocycles. The van der Waals surface area contributed by atoms with E-state index in [0.717, 1.165) is 38.4 Å². The van der Waals surface area contributed by atoms with Crippen molar-refractivity contribution >= 4 is 35.0 Å². The van der Waals surface area contributed by atoms with Gasteiger partial charge in [0.05, 0.1) is 18.1 Å². The monoisotopic (exact) mass is 472 g/mol. The summed E-state index contributed by atoms with van der Waals surface area (Å²) in [5.74, 6) is -0.183. The molecule has 2 aromatic carbocycles. The molecule has 1 saturated heterocycles. The number of nitro benzene ring substituents is 1. The Hall–Kier alpha value is -2.95. The Balaban J connectivity index is 1.66. The molecule has 0 radical (unpaired) electrons. The first-order valence-corrected chi connectivity index (χ1v) is 12.1. The highest BCUT2D eigenvalue weighted by Crippen LogP contribution is 2.16. The number of carbonyl (C=O) groups is 2. The molecule has 0 aliphatic carbocycles. The van der Waals surface area contributed by atoms with E-state index in [2.05, 4.69) is 15.5 Å². The van der Waals surface area contributed by atoms with Crippen molar-refractivity contribution in [2.75, 3.05) is 43.6 Å². The van der Waals surface area contributed by atoms with Crippen LogP contribution in [-0.2, 0) is 16.1 Å². The van der Waals surface area contributed by atoms with Crippen molar-refractivity contribution < 1.29 is 19.2 Å². The van der Waals surface area contributed by atoms with Crippen molar-refractivity contribution in [2.24, 2.45) is 0 Å². The van der Waals surface area contributed by atoms with Gasteiger partial charge in [-0.3, -0.25) is 24.6 Å². The van der Waals surface area contributed by atoms with Crippen molar-refractivity contribution in [1.29, 1.82) is 0 Å². The van der Waals surface area contributed by atoms with Crippen molar-refractivity contribution in [3.8, 4) is 0 Å². The van der Waals surface area contributed by atoms with E-state index in [1.807, 2.05) is 30.5 Å². The molecule has 1 atom stereocenters. The molecule has 1 unspecified atom stereocenters. The summed E-state index contributed by atoms with van der Waals surface area (Å²) in [7, 11) is 0. The number of hydrogen-bond acceptors (Lipinski definition) is 7. The van der Waals surface area contributed by atoms with E-state index >= 15 is 0 Å². The molecule has 2 N–H and O–H groups in total. The average molecular weight is 473 g/mol. The number of anilines is 1. The number of nitro groups is 1. The lowest BCUT2D eigenvalue weighted by molar-refractivity contribution is -0.384. The number of amides is 2. The van der Waals surface area contributed by atoms with E-state index in [1.165, 1.54) is 24.3 Å². The molecule has 1 heterocycles. The second-order valence-electron chi connectivity index (χ2n) is 7.69. The topological polar surface area (TPSA) is 114 Å². The van der Waals surface area contributed by atoms with Gasteiger partial charge in [-0.1, -0.05) is 18.2 Å². The number of hydrogen-bond donors (Lipinski definition) is 2. The van der Waals surface area contributed by atoms with Crippen molar-refractivity contribution in [1.82, 2.24) is 10.2 Å². The summed E-state index contributed by atoms with van der Waals surface area (Å²) in [6.07, 6.45) is 2.35. The number of rotatable bonds is 10. The Bertz CT molecular complexity index is 981. The van der Waals surface area contributed by atoms with Gasteiger partial charge in [0.1, 0.15) is 6.04 Å². The van der Waals surface area contributed by atoms with Gasteiger partial charge in [0.15, 0.2) is 0 Å². The quantitative estimate of drug-likeness (QED) is 0.404. The number of benzene rings is 2. The summed E-state index contributed by atoms with van der Waals surface area (Å²) in [5, 5.41) is 16.6. The van der Waals surface area contributed by atoms with Crippen LogP contribution in [0.25, 0.3) is 0 Å². The van der Waals surface area contributed by atoms with Crippen LogP contribution in [0.1, 0.15) is 22.3 Å². The van der Waals surface area contributed by atoms with Crippen molar-refractivity contribution in [2.45, 2.75) is 19.0 Å². The predicted molar refractivity (Wildman–Crippen MR) is 129 cm³/mol.